The highest BCUT2D eigenvalue weighted by Gasteiger charge is 2.18. The van der Waals surface area contributed by atoms with E-state index in [1.165, 1.54) is 28.3 Å². The molecule has 1 aliphatic rings. The van der Waals surface area contributed by atoms with Crippen molar-refractivity contribution in [3.8, 4) is 0 Å². The topological polar surface area (TPSA) is 27.1 Å². The fraction of sp³-hybridized carbons (Fsp3) is 0.562. The second kappa shape index (κ2) is 6.84. The molecule has 0 amide bonds. The highest BCUT2D eigenvalue weighted by atomic mass is 127. The Kier molecular flexibility index (Phi) is 5.07. The van der Waals surface area contributed by atoms with E-state index in [1.807, 2.05) is 6.92 Å². The van der Waals surface area contributed by atoms with E-state index in [-0.39, 0.29) is 5.38 Å². The summed E-state index contributed by atoms with van der Waals surface area (Å²) in [5.41, 5.74) is 2.21. The number of rotatable bonds is 4. The second-order valence-corrected chi connectivity index (χ2v) is 7.55. The van der Waals surface area contributed by atoms with Crippen LogP contribution >= 0.6 is 34.2 Å². The van der Waals surface area contributed by atoms with Gasteiger partial charge in [-0.05, 0) is 73.4 Å². The van der Waals surface area contributed by atoms with E-state index < -0.39 is 0 Å². The van der Waals surface area contributed by atoms with Crippen molar-refractivity contribution < 1.29 is 4.74 Å². The van der Waals surface area contributed by atoms with Gasteiger partial charge in [0.25, 0.3) is 0 Å². The van der Waals surface area contributed by atoms with Gasteiger partial charge in [0.15, 0.2) is 0 Å². The summed E-state index contributed by atoms with van der Waals surface area (Å²) in [6, 6.07) is 6.39. The average Bonchev–Trinajstić information content (AvgIpc) is 2.84. The number of imidazole rings is 1. The Hall–Kier alpha value is -0.330. The van der Waals surface area contributed by atoms with Gasteiger partial charge in [-0.3, -0.25) is 0 Å². The number of halogens is 2. The lowest BCUT2D eigenvalue weighted by Gasteiger charge is -2.23. The molecule has 0 spiro atoms. The highest BCUT2D eigenvalue weighted by molar-refractivity contribution is 14.1. The van der Waals surface area contributed by atoms with E-state index in [1.54, 1.807) is 0 Å². The van der Waals surface area contributed by atoms with Crippen LogP contribution in [-0.2, 0) is 11.3 Å². The molecule has 2 heterocycles. The van der Waals surface area contributed by atoms with E-state index in [0.717, 1.165) is 30.9 Å². The number of fused-ring (bicyclic) bond motifs is 1. The zero-order valence-electron chi connectivity index (χ0n) is 12.2. The predicted octanol–water partition coefficient (Wildman–Crippen LogP) is 4.90. The van der Waals surface area contributed by atoms with Crippen molar-refractivity contribution in [2.45, 2.75) is 50.6 Å². The van der Waals surface area contributed by atoms with Gasteiger partial charge in [0.05, 0.1) is 22.5 Å². The van der Waals surface area contributed by atoms with Crippen LogP contribution < -0.4 is 0 Å². The summed E-state index contributed by atoms with van der Waals surface area (Å²) in [6.45, 7) is 3.82. The molecule has 0 aliphatic carbocycles. The molecular formula is C16H20ClIN2O. The molecule has 1 aliphatic heterocycles. The van der Waals surface area contributed by atoms with Crippen molar-refractivity contribution in [2.24, 2.45) is 0 Å². The molecule has 3 rings (SSSR count). The normalized spacial score (nSPS) is 20.8. The third kappa shape index (κ3) is 3.54. The van der Waals surface area contributed by atoms with Crippen LogP contribution in [0.15, 0.2) is 18.2 Å². The molecule has 1 fully saturated rings. The Balaban J connectivity index is 1.86. The molecule has 0 N–H and O–H groups in total. The number of ether oxygens (including phenoxy) is 1. The third-order valence-corrected chi connectivity index (χ3v) is 4.91. The summed E-state index contributed by atoms with van der Waals surface area (Å²) in [4.78, 5) is 4.72. The Morgan fingerprint density at radius 2 is 2.33 bits per heavy atom. The summed E-state index contributed by atoms with van der Waals surface area (Å²) >= 11 is 8.65. The lowest BCUT2D eigenvalue weighted by Crippen LogP contribution is -2.21. The summed E-state index contributed by atoms with van der Waals surface area (Å²) in [7, 11) is 0. The van der Waals surface area contributed by atoms with Crippen molar-refractivity contribution in [3.05, 3.63) is 27.6 Å². The number of aryl methyl sites for hydroxylation is 1. The monoisotopic (exact) mass is 418 g/mol. The number of aromatic nitrogens is 2. The summed E-state index contributed by atoms with van der Waals surface area (Å²) in [5.74, 6) is 0.962. The quantitative estimate of drug-likeness (QED) is 0.521. The first kappa shape index (κ1) is 15.6. The second-order valence-electron chi connectivity index (χ2n) is 5.65. The molecule has 0 bridgehead atoms. The first-order chi connectivity index (χ1) is 10.1. The first-order valence-electron chi connectivity index (χ1n) is 7.56. The van der Waals surface area contributed by atoms with Gasteiger partial charge in [0, 0.05) is 16.7 Å². The maximum absolute atomic E-state index is 6.32. The summed E-state index contributed by atoms with van der Waals surface area (Å²) < 4.78 is 9.31. The van der Waals surface area contributed by atoms with Crippen molar-refractivity contribution in [1.29, 1.82) is 0 Å². The Morgan fingerprint density at radius 1 is 1.48 bits per heavy atom. The van der Waals surface area contributed by atoms with E-state index in [4.69, 9.17) is 21.3 Å². The van der Waals surface area contributed by atoms with Crippen LogP contribution in [0.1, 0.15) is 43.8 Å². The van der Waals surface area contributed by atoms with Crippen molar-refractivity contribution >= 4 is 45.2 Å². The van der Waals surface area contributed by atoms with Gasteiger partial charge in [0.2, 0.25) is 0 Å². The lowest BCUT2D eigenvalue weighted by atomic mass is 10.1. The molecule has 5 heteroatoms. The van der Waals surface area contributed by atoms with Gasteiger partial charge < -0.3 is 9.30 Å². The number of benzene rings is 1. The molecule has 2 aromatic rings. The largest absolute Gasteiger partial charge is 0.378 e. The van der Waals surface area contributed by atoms with Gasteiger partial charge >= 0.3 is 0 Å². The molecule has 1 aromatic carbocycles. The molecular weight excluding hydrogens is 399 g/mol. The van der Waals surface area contributed by atoms with Gasteiger partial charge in [0.1, 0.15) is 5.82 Å². The maximum atomic E-state index is 6.32. The molecule has 0 saturated carbocycles. The van der Waals surface area contributed by atoms with Gasteiger partial charge in [-0.15, -0.1) is 11.6 Å². The Morgan fingerprint density at radius 3 is 3.05 bits per heavy atom. The van der Waals surface area contributed by atoms with Crippen molar-refractivity contribution in [2.75, 3.05) is 6.61 Å². The fourth-order valence-electron chi connectivity index (χ4n) is 2.97. The minimum absolute atomic E-state index is 0.0812. The number of alkyl halides is 1. The molecule has 0 radical (unpaired) electrons. The SMILES string of the molecule is CC(Cl)c1nc2cc(I)ccc2n1CCC1CCCCO1. The van der Waals surface area contributed by atoms with Gasteiger partial charge in [-0.1, -0.05) is 0 Å². The van der Waals surface area contributed by atoms with Crippen LogP contribution in [0.5, 0.6) is 0 Å². The maximum Gasteiger partial charge on any atom is 0.127 e. The van der Waals surface area contributed by atoms with Gasteiger partial charge in [-0.2, -0.15) is 0 Å². The summed E-state index contributed by atoms with van der Waals surface area (Å²) in [6.07, 6.45) is 5.09. The smallest absolute Gasteiger partial charge is 0.127 e. The molecule has 21 heavy (non-hydrogen) atoms. The summed E-state index contributed by atoms with van der Waals surface area (Å²) in [5, 5.41) is -0.0812. The molecule has 2 atom stereocenters. The minimum atomic E-state index is -0.0812. The van der Waals surface area contributed by atoms with E-state index >= 15 is 0 Å². The Labute approximate surface area is 144 Å². The zero-order chi connectivity index (χ0) is 14.8. The van der Waals surface area contributed by atoms with Crippen molar-refractivity contribution in [1.82, 2.24) is 9.55 Å². The van der Waals surface area contributed by atoms with Crippen LogP contribution in [0.2, 0.25) is 0 Å². The fourth-order valence-corrected chi connectivity index (χ4v) is 3.61. The van der Waals surface area contributed by atoms with E-state index in [0.29, 0.717) is 6.10 Å². The lowest BCUT2D eigenvalue weighted by molar-refractivity contribution is 0.00886. The standard InChI is InChI=1S/C16H20ClIN2O/c1-11(17)16-19-14-10-12(18)5-6-15(14)20(16)8-7-13-4-2-3-9-21-13/h5-6,10-11,13H,2-4,7-9H2,1H3. The molecule has 2 unspecified atom stereocenters. The van der Waals surface area contributed by atoms with Crippen LogP contribution in [0.4, 0.5) is 0 Å². The van der Waals surface area contributed by atoms with E-state index in [9.17, 15) is 0 Å². The highest BCUT2D eigenvalue weighted by Crippen LogP contribution is 2.27. The average molecular weight is 419 g/mol. The molecule has 114 valence electrons. The Bertz CT molecular complexity index is 620. The minimum Gasteiger partial charge on any atom is -0.378 e. The molecule has 1 aromatic heterocycles. The van der Waals surface area contributed by atoms with Crippen molar-refractivity contribution in [3.63, 3.8) is 0 Å². The number of nitrogens with zero attached hydrogens (tertiary/aromatic N) is 2. The number of hydrogen-bond acceptors (Lipinski definition) is 2. The molecule has 1 saturated heterocycles. The number of hydrogen-bond donors (Lipinski definition) is 0. The van der Waals surface area contributed by atoms with Crippen LogP contribution in [0.25, 0.3) is 11.0 Å². The molecule has 3 nitrogen and oxygen atoms in total. The first-order valence-corrected chi connectivity index (χ1v) is 9.08. The van der Waals surface area contributed by atoms with Gasteiger partial charge in [-0.25, -0.2) is 4.98 Å². The van der Waals surface area contributed by atoms with Crippen LogP contribution in [0.3, 0.4) is 0 Å². The zero-order valence-corrected chi connectivity index (χ0v) is 15.1. The van der Waals surface area contributed by atoms with Crippen LogP contribution in [0, 0.1) is 3.57 Å². The van der Waals surface area contributed by atoms with E-state index in [2.05, 4.69) is 45.4 Å². The van der Waals surface area contributed by atoms with Crippen LogP contribution in [-0.4, -0.2) is 22.3 Å². The predicted molar refractivity (Wildman–Crippen MR) is 94.9 cm³/mol. The third-order valence-electron chi connectivity index (χ3n) is 4.04.